The number of aliphatic hydroxyl groups excluding tert-OH is 1. The van der Waals surface area contributed by atoms with Crippen molar-refractivity contribution >= 4 is 0 Å². The van der Waals surface area contributed by atoms with E-state index in [9.17, 15) is 5.11 Å². The van der Waals surface area contributed by atoms with Crippen molar-refractivity contribution in [2.24, 2.45) is 5.92 Å². The van der Waals surface area contributed by atoms with E-state index in [-0.39, 0.29) is 6.61 Å². The molecule has 0 radical (unpaired) electrons. The van der Waals surface area contributed by atoms with Crippen LogP contribution in [-0.4, -0.2) is 29.2 Å². The van der Waals surface area contributed by atoms with Crippen LogP contribution in [0.4, 0.5) is 0 Å². The van der Waals surface area contributed by atoms with Gasteiger partial charge in [-0.15, -0.1) is 0 Å². The Morgan fingerprint density at radius 3 is 2.37 bits per heavy atom. The molecule has 1 aromatic rings. The molecule has 0 unspecified atom stereocenters. The molecule has 1 fully saturated rings. The maximum Gasteiger partial charge on any atom is 0.0558 e. The van der Waals surface area contributed by atoms with Crippen LogP contribution in [0, 0.1) is 5.92 Å². The monoisotopic (exact) mass is 261 g/mol. The molecule has 2 heteroatoms. The minimum absolute atomic E-state index is 0.264. The van der Waals surface area contributed by atoms with Gasteiger partial charge in [-0.1, -0.05) is 43.7 Å². The summed E-state index contributed by atoms with van der Waals surface area (Å²) in [5.74, 6) is 0.934. The van der Waals surface area contributed by atoms with Gasteiger partial charge in [-0.25, -0.2) is 0 Å². The van der Waals surface area contributed by atoms with Crippen molar-refractivity contribution < 1.29 is 5.11 Å². The van der Waals surface area contributed by atoms with Crippen LogP contribution in [0.1, 0.15) is 44.6 Å². The van der Waals surface area contributed by atoms with Gasteiger partial charge in [0.1, 0.15) is 0 Å². The number of hydrogen-bond acceptors (Lipinski definition) is 2. The highest BCUT2D eigenvalue weighted by molar-refractivity contribution is 5.14. The second-order valence-electron chi connectivity index (χ2n) is 5.76. The van der Waals surface area contributed by atoms with E-state index in [0.29, 0.717) is 6.04 Å². The highest BCUT2D eigenvalue weighted by atomic mass is 16.3. The Hall–Kier alpha value is -0.860. The van der Waals surface area contributed by atoms with Crippen molar-refractivity contribution in [1.82, 2.24) is 4.90 Å². The summed E-state index contributed by atoms with van der Waals surface area (Å²) in [5, 5.41) is 9.30. The third-order valence-corrected chi connectivity index (χ3v) is 4.53. The molecule has 1 aromatic carbocycles. The zero-order chi connectivity index (χ0) is 13.5. The predicted octanol–water partition coefficient (Wildman–Crippen LogP) is 3.45. The lowest BCUT2D eigenvalue weighted by Gasteiger charge is -2.36. The molecule has 1 N–H and O–H groups in total. The normalized spacial score (nSPS) is 23.7. The minimum atomic E-state index is 0.264. The summed E-state index contributed by atoms with van der Waals surface area (Å²) in [6.07, 6.45) is 6.64. The van der Waals surface area contributed by atoms with Crippen LogP contribution in [0.3, 0.4) is 0 Å². The average Bonchev–Trinajstić information content (AvgIpc) is 2.48. The van der Waals surface area contributed by atoms with E-state index >= 15 is 0 Å². The predicted molar refractivity (Wildman–Crippen MR) is 80.0 cm³/mol. The Morgan fingerprint density at radius 1 is 1.11 bits per heavy atom. The summed E-state index contributed by atoms with van der Waals surface area (Å²) in [5.41, 5.74) is 1.36. The van der Waals surface area contributed by atoms with Crippen LogP contribution in [0.15, 0.2) is 30.3 Å². The molecule has 0 bridgehead atoms. The number of rotatable bonds is 6. The van der Waals surface area contributed by atoms with Gasteiger partial charge >= 0.3 is 0 Å². The zero-order valence-electron chi connectivity index (χ0n) is 12.1. The fourth-order valence-electron chi connectivity index (χ4n) is 3.26. The van der Waals surface area contributed by atoms with Crippen LogP contribution < -0.4 is 0 Å². The van der Waals surface area contributed by atoms with Gasteiger partial charge in [0.25, 0.3) is 0 Å². The highest BCUT2D eigenvalue weighted by Gasteiger charge is 2.24. The van der Waals surface area contributed by atoms with Crippen LogP contribution in [0.2, 0.25) is 0 Å². The minimum Gasteiger partial charge on any atom is -0.395 e. The Labute approximate surface area is 117 Å². The Bertz CT molecular complexity index is 344. The van der Waals surface area contributed by atoms with E-state index in [0.717, 1.165) is 19.0 Å². The molecule has 0 atom stereocenters. The summed E-state index contributed by atoms with van der Waals surface area (Å²) in [6.45, 7) is 4.35. The zero-order valence-corrected chi connectivity index (χ0v) is 12.1. The summed E-state index contributed by atoms with van der Waals surface area (Å²) < 4.78 is 0. The van der Waals surface area contributed by atoms with Crippen LogP contribution >= 0.6 is 0 Å². The number of aliphatic hydroxyl groups is 1. The maximum absolute atomic E-state index is 9.30. The highest BCUT2D eigenvalue weighted by Crippen LogP contribution is 2.30. The first-order chi connectivity index (χ1) is 9.33. The molecular formula is C17H27NO. The second kappa shape index (κ2) is 7.66. The molecule has 2 rings (SSSR count). The van der Waals surface area contributed by atoms with Crippen molar-refractivity contribution in [2.75, 3.05) is 13.2 Å². The van der Waals surface area contributed by atoms with Gasteiger partial charge in [0, 0.05) is 19.1 Å². The van der Waals surface area contributed by atoms with E-state index < -0.39 is 0 Å². The third-order valence-electron chi connectivity index (χ3n) is 4.53. The first-order valence-electron chi connectivity index (χ1n) is 7.72. The number of benzene rings is 1. The van der Waals surface area contributed by atoms with E-state index in [1.165, 1.54) is 37.7 Å². The van der Waals surface area contributed by atoms with Gasteiger partial charge < -0.3 is 5.11 Å². The molecular weight excluding hydrogens is 234 g/mol. The molecule has 2 nitrogen and oxygen atoms in total. The summed E-state index contributed by atoms with van der Waals surface area (Å²) in [6, 6.07) is 11.3. The summed E-state index contributed by atoms with van der Waals surface area (Å²) >= 11 is 0. The van der Waals surface area contributed by atoms with Crippen LogP contribution in [-0.2, 0) is 6.54 Å². The van der Waals surface area contributed by atoms with E-state index in [2.05, 4.69) is 42.2 Å². The molecule has 0 aliphatic heterocycles. The molecule has 0 saturated heterocycles. The van der Waals surface area contributed by atoms with Gasteiger partial charge in [0.15, 0.2) is 0 Å². The first kappa shape index (κ1) is 14.5. The fourth-order valence-corrected chi connectivity index (χ4v) is 3.26. The quantitative estimate of drug-likeness (QED) is 0.848. The Kier molecular flexibility index (Phi) is 5.87. The topological polar surface area (TPSA) is 23.5 Å². The number of hydrogen-bond donors (Lipinski definition) is 1. The first-order valence-corrected chi connectivity index (χ1v) is 7.72. The van der Waals surface area contributed by atoms with E-state index in [1.807, 2.05) is 0 Å². The van der Waals surface area contributed by atoms with Crippen molar-refractivity contribution in [3.63, 3.8) is 0 Å². The Balaban J connectivity index is 1.92. The lowest BCUT2D eigenvalue weighted by atomic mass is 9.84. The van der Waals surface area contributed by atoms with Gasteiger partial charge in [-0.3, -0.25) is 4.90 Å². The van der Waals surface area contributed by atoms with Crippen molar-refractivity contribution in [3.8, 4) is 0 Å². The van der Waals surface area contributed by atoms with Gasteiger partial charge in [0.2, 0.25) is 0 Å². The number of nitrogens with zero attached hydrogens (tertiary/aromatic N) is 1. The van der Waals surface area contributed by atoms with Crippen molar-refractivity contribution in [1.29, 1.82) is 0 Å². The molecule has 19 heavy (non-hydrogen) atoms. The largest absolute Gasteiger partial charge is 0.395 e. The molecule has 1 aliphatic carbocycles. The molecule has 1 aliphatic rings. The summed E-state index contributed by atoms with van der Waals surface area (Å²) in [4.78, 5) is 2.47. The summed E-state index contributed by atoms with van der Waals surface area (Å²) in [7, 11) is 0. The molecule has 106 valence electrons. The van der Waals surface area contributed by atoms with Crippen LogP contribution in [0.25, 0.3) is 0 Å². The lowest BCUT2D eigenvalue weighted by Crippen LogP contribution is -2.39. The lowest BCUT2D eigenvalue weighted by molar-refractivity contribution is 0.103. The van der Waals surface area contributed by atoms with E-state index in [4.69, 9.17) is 0 Å². The SMILES string of the molecule is CCC1CCC(N(CCO)Cc2ccccc2)CC1. The maximum atomic E-state index is 9.30. The smallest absolute Gasteiger partial charge is 0.0558 e. The van der Waals surface area contributed by atoms with Crippen LogP contribution in [0.5, 0.6) is 0 Å². The van der Waals surface area contributed by atoms with Gasteiger partial charge in [-0.2, -0.15) is 0 Å². The van der Waals surface area contributed by atoms with Gasteiger partial charge in [-0.05, 0) is 37.2 Å². The molecule has 1 saturated carbocycles. The standard InChI is InChI=1S/C17H27NO/c1-2-15-8-10-17(11-9-15)18(12-13-19)14-16-6-4-3-5-7-16/h3-7,15,17,19H,2,8-14H2,1H3. The third kappa shape index (κ3) is 4.32. The molecule has 0 spiro atoms. The van der Waals surface area contributed by atoms with Crippen molar-refractivity contribution in [3.05, 3.63) is 35.9 Å². The second-order valence-corrected chi connectivity index (χ2v) is 5.76. The van der Waals surface area contributed by atoms with Crippen molar-refractivity contribution in [2.45, 2.75) is 51.6 Å². The molecule has 0 aromatic heterocycles. The average molecular weight is 261 g/mol. The Morgan fingerprint density at radius 2 is 1.79 bits per heavy atom. The molecule has 0 heterocycles. The fraction of sp³-hybridized carbons (Fsp3) is 0.647. The van der Waals surface area contributed by atoms with E-state index in [1.54, 1.807) is 0 Å². The van der Waals surface area contributed by atoms with Gasteiger partial charge in [0.05, 0.1) is 6.61 Å². The molecule has 0 amide bonds.